The van der Waals surface area contributed by atoms with E-state index in [1.54, 1.807) is 6.07 Å². The number of carboxylic acids is 1. The Labute approximate surface area is 194 Å². The first kappa shape index (κ1) is 20.6. The van der Waals surface area contributed by atoms with Crippen LogP contribution in [0.5, 0.6) is 0 Å². The molecule has 1 saturated carbocycles. The molecule has 1 N–H and O–H groups in total. The lowest BCUT2D eigenvalue weighted by atomic mass is 9.83. The minimum atomic E-state index is -0.851. The van der Waals surface area contributed by atoms with E-state index in [9.17, 15) is 9.90 Å². The smallest absolute Gasteiger partial charge is 0.335 e. The molecule has 2 aliphatic rings. The summed E-state index contributed by atoms with van der Waals surface area (Å²) in [7, 11) is 0. The molecule has 2 aromatic heterocycles. The standard InChI is InChI=1S/C29H32N2O2/c1-2-7-19-11-12-21-10-6-16-30-25-18-22(29(32)33)13-14-24(25)26(20-8-4-3-5-9-20)28(30)31-17-15-23(19)27(21)31/h11-15,17-18,20H,2-10,16H2,1H3,(H,32,33). The average Bonchev–Trinajstić information content (AvgIpc) is 3.39. The number of hydrogen-bond donors (Lipinski definition) is 1. The van der Waals surface area contributed by atoms with Crippen molar-refractivity contribution in [3.8, 4) is 5.82 Å². The van der Waals surface area contributed by atoms with Crippen LogP contribution in [-0.4, -0.2) is 20.2 Å². The summed E-state index contributed by atoms with van der Waals surface area (Å²) in [6.45, 7) is 3.16. The Balaban J connectivity index is 1.70. The van der Waals surface area contributed by atoms with Gasteiger partial charge >= 0.3 is 5.97 Å². The third kappa shape index (κ3) is 3.22. The number of aromatic carboxylic acids is 1. The van der Waals surface area contributed by atoms with Gasteiger partial charge in [0.15, 0.2) is 0 Å². The molecule has 4 aromatic rings. The number of hydrogen-bond acceptors (Lipinski definition) is 1. The zero-order valence-corrected chi connectivity index (χ0v) is 19.4. The Morgan fingerprint density at radius 3 is 2.67 bits per heavy atom. The van der Waals surface area contributed by atoms with Crippen molar-refractivity contribution in [2.75, 3.05) is 0 Å². The van der Waals surface area contributed by atoms with E-state index in [0.717, 1.165) is 37.7 Å². The van der Waals surface area contributed by atoms with E-state index in [1.807, 2.05) is 6.07 Å². The highest BCUT2D eigenvalue weighted by molar-refractivity contribution is 5.97. The SMILES string of the molecule is CCCc1ccc2c3c1ccn3-c1c(C3CCCCC3)c3ccc(C(=O)O)cc3n1CCC2. The van der Waals surface area contributed by atoms with Gasteiger partial charge in [-0.1, -0.05) is 50.8 Å². The first-order valence-electron chi connectivity index (χ1n) is 12.7. The largest absolute Gasteiger partial charge is 0.478 e. The van der Waals surface area contributed by atoms with E-state index in [2.05, 4.69) is 46.5 Å². The predicted octanol–water partition coefficient (Wildman–Crippen LogP) is 7.23. The quantitative estimate of drug-likeness (QED) is 0.364. The third-order valence-corrected chi connectivity index (χ3v) is 7.93. The number of aromatic nitrogens is 2. The van der Waals surface area contributed by atoms with Crippen molar-refractivity contribution in [1.29, 1.82) is 0 Å². The van der Waals surface area contributed by atoms with Crippen LogP contribution < -0.4 is 0 Å². The molecular weight excluding hydrogens is 408 g/mol. The van der Waals surface area contributed by atoms with Gasteiger partial charge in [-0.3, -0.25) is 0 Å². The monoisotopic (exact) mass is 440 g/mol. The molecule has 0 saturated heterocycles. The minimum Gasteiger partial charge on any atom is -0.478 e. The van der Waals surface area contributed by atoms with E-state index < -0.39 is 5.97 Å². The molecule has 4 heteroatoms. The molecule has 4 nitrogen and oxygen atoms in total. The lowest BCUT2D eigenvalue weighted by molar-refractivity contribution is 0.0697. The Kier molecular flexibility index (Phi) is 5.05. The molecule has 0 amide bonds. The van der Waals surface area contributed by atoms with Gasteiger partial charge in [0.1, 0.15) is 5.82 Å². The fourth-order valence-corrected chi connectivity index (χ4v) is 6.46. The molecule has 0 atom stereocenters. The van der Waals surface area contributed by atoms with Crippen LogP contribution in [0.15, 0.2) is 42.6 Å². The Morgan fingerprint density at radius 2 is 1.88 bits per heavy atom. The van der Waals surface area contributed by atoms with E-state index in [0.29, 0.717) is 11.5 Å². The zero-order valence-electron chi connectivity index (χ0n) is 19.4. The van der Waals surface area contributed by atoms with Crippen LogP contribution in [0.2, 0.25) is 0 Å². The van der Waals surface area contributed by atoms with Crippen LogP contribution >= 0.6 is 0 Å². The van der Waals surface area contributed by atoms with Gasteiger partial charge in [0, 0.05) is 29.1 Å². The number of carbonyl (C=O) groups is 1. The molecule has 1 fully saturated rings. The summed E-state index contributed by atoms with van der Waals surface area (Å²) >= 11 is 0. The number of fused-ring (bicyclic) bond motifs is 4. The molecule has 1 aliphatic heterocycles. The van der Waals surface area contributed by atoms with E-state index >= 15 is 0 Å². The molecule has 0 bridgehead atoms. The van der Waals surface area contributed by atoms with Crippen LogP contribution in [0.1, 0.15) is 84.8 Å². The second-order valence-electron chi connectivity index (χ2n) is 9.95. The number of benzene rings is 2. The number of nitrogens with zero attached hydrogens (tertiary/aromatic N) is 2. The van der Waals surface area contributed by atoms with Gasteiger partial charge in [0.25, 0.3) is 0 Å². The molecule has 33 heavy (non-hydrogen) atoms. The Morgan fingerprint density at radius 1 is 1.03 bits per heavy atom. The van der Waals surface area contributed by atoms with Crippen LogP contribution in [0.3, 0.4) is 0 Å². The van der Waals surface area contributed by atoms with Gasteiger partial charge in [0.2, 0.25) is 0 Å². The summed E-state index contributed by atoms with van der Waals surface area (Å²) in [5, 5.41) is 12.3. The fraction of sp³-hybridized carbons (Fsp3) is 0.414. The highest BCUT2D eigenvalue weighted by Crippen LogP contribution is 2.44. The number of carboxylic acid groups (broad SMARTS) is 1. The normalized spacial score (nSPS) is 16.6. The van der Waals surface area contributed by atoms with Crippen molar-refractivity contribution in [2.24, 2.45) is 0 Å². The van der Waals surface area contributed by atoms with Crippen molar-refractivity contribution in [1.82, 2.24) is 9.13 Å². The molecule has 3 heterocycles. The van der Waals surface area contributed by atoms with Crippen LogP contribution in [0.25, 0.3) is 27.6 Å². The van der Waals surface area contributed by atoms with Gasteiger partial charge in [-0.05, 0) is 67.3 Å². The molecule has 0 radical (unpaired) electrons. The van der Waals surface area contributed by atoms with Crippen molar-refractivity contribution in [3.63, 3.8) is 0 Å². The second kappa shape index (κ2) is 8.09. The summed E-state index contributed by atoms with van der Waals surface area (Å²) in [5.74, 6) is 0.965. The zero-order chi connectivity index (χ0) is 22.5. The lowest BCUT2D eigenvalue weighted by Crippen LogP contribution is -2.14. The lowest BCUT2D eigenvalue weighted by Gasteiger charge is -2.25. The summed E-state index contributed by atoms with van der Waals surface area (Å²) in [6.07, 6.45) is 12.9. The second-order valence-corrected chi connectivity index (χ2v) is 9.95. The maximum atomic E-state index is 11.8. The summed E-state index contributed by atoms with van der Waals surface area (Å²) in [5.41, 5.74) is 7.13. The molecule has 1 aliphatic carbocycles. The molecule has 0 unspecified atom stereocenters. The molecular formula is C29H32N2O2. The topological polar surface area (TPSA) is 47.2 Å². The van der Waals surface area contributed by atoms with E-state index in [-0.39, 0.29) is 0 Å². The van der Waals surface area contributed by atoms with Crippen molar-refractivity contribution < 1.29 is 9.90 Å². The van der Waals surface area contributed by atoms with Crippen LogP contribution in [0, 0.1) is 0 Å². The maximum Gasteiger partial charge on any atom is 0.335 e. The number of aryl methyl sites for hydroxylation is 3. The van der Waals surface area contributed by atoms with Gasteiger partial charge in [0.05, 0.1) is 16.6 Å². The Bertz CT molecular complexity index is 1370. The highest BCUT2D eigenvalue weighted by Gasteiger charge is 2.29. The van der Waals surface area contributed by atoms with Crippen molar-refractivity contribution in [2.45, 2.75) is 77.2 Å². The van der Waals surface area contributed by atoms with Crippen molar-refractivity contribution >= 4 is 27.8 Å². The molecule has 6 rings (SSSR count). The molecule has 170 valence electrons. The van der Waals surface area contributed by atoms with Crippen LogP contribution in [0.4, 0.5) is 0 Å². The van der Waals surface area contributed by atoms with Gasteiger partial charge < -0.3 is 14.2 Å². The summed E-state index contributed by atoms with van der Waals surface area (Å²) in [4.78, 5) is 11.8. The van der Waals surface area contributed by atoms with Crippen LogP contribution in [-0.2, 0) is 19.4 Å². The third-order valence-electron chi connectivity index (χ3n) is 7.93. The summed E-state index contributed by atoms with van der Waals surface area (Å²) in [6, 6.07) is 12.8. The van der Waals surface area contributed by atoms with E-state index in [4.69, 9.17) is 0 Å². The van der Waals surface area contributed by atoms with Gasteiger partial charge in [-0.15, -0.1) is 0 Å². The average molecular weight is 441 g/mol. The highest BCUT2D eigenvalue weighted by atomic mass is 16.4. The first-order chi connectivity index (χ1) is 16.2. The minimum absolute atomic E-state index is 0.378. The van der Waals surface area contributed by atoms with Gasteiger partial charge in [-0.25, -0.2) is 4.79 Å². The fourth-order valence-electron chi connectivity index (χ4n) is 6.46. The molecule has 2 aromatic carbocycles. The molecule has 0 spiro atoms. The maximum absolute atomic E-state index is 11.8. The first-order valence-corrected chi connectivity index (χ1v) is 12.7. The predicted molar refractivity (Wildman–Crippen MR) is 134 cm³/mol. The van der Waals surface area contributed by atoms with Gasteiger partial charge in [-0.2, -0.15) is 0 Å². The van der Waals surface area contributed by atoms with E-state index in [1.165, 1.54) is 70.9 Å². The Hall–Kier alpha value is -3.01. The summed E-state index contributed by atoms with van der Waals surface area (Å²) < 4.78 is 4.88. The number of rotatable bonds is 4. The van der Waals surface area contributed by atoms with Crippen molar-refractivity contribution in [3.05, 3.63) is 64.8 Å².